The lowest BCUT2D eigenvalue weighted by molar-refractivity contribution is 0.0693. The minimum absolute atomic E-state index is 0.203. The molecule has 0 fully saturated rings. The number of thiazole rings is 1. The van der Waals surface area contributed by atoms with Gasteiger partial charge in [0.25, 0.3) is 0 Å². The van der Waals surface area contributed by atoms with Gasteiger partial charge in [0.05, 0.1) is 20.7 Å². The fourth-order valence-electron chi connectivity index (χ4n) is 1.82. The van der Waals surface area contributed by atoms with Gasteiger partial charge in [0.1, 0.15) is 0 Å². The zero-order chi connectivity index (χ0) is 14.1. The lowest BCUT2D eigenvalue weighted by Crippen LogP contribution is -2.01. The second-order valence-corrected chi connectivity index (χ2v) is 6.37. The molecule has 0 aliphatic rings. The topological polar surface area (TPSA) is 76.2 Å². The molecule has 100 valence electrons. The van der Waals surface area contributed by atoms with E-state index in [9.17, 15) is 9.90 Å². The Hall–Kier alpha value is -2.05. The van der Waals surface area contributed by atoms with Crippen LogP contribution in [0.2, 0.25) is 0 Å². The SMILES string of the molecule is Nc1cccc(C(=O)O)c1Sc1nc2ccccc2s1. The van der Waals surface area contributed by atoms with Crippen LogP contribution in [0.25, 0.3) is 10.2 Å². The standard InChI is InChI=1S/C14H10N2O2S2/c15-9-5-3-4-8(13(17)18)12(9)20-14-16-10-6-1-2-7-11(10)19-14/h1-7H,15H2,(H,17,18). The van der Waals surface area contributed by atoms with Gasteiger partial charge in [-0.3, -0.25) is 0 Å². The average molecular weight is 302 g/mol. The number of para-hydroxylation sites is 1. The summed E-state index contributed by atoms with van der Waals surface area (Å²) in [6.07, 6.45) is 0. The molecule has 0 bridgehead atoms. The number of anilines is 1. The van der Waals surface area contributed by atoms with Gasteiger partial charge in [-0.05, 0) is 24.3 Å². The van der Waals surface area contributed by atoms with Crippen LogP contribution in [0.1, 0.15) is 10.4 Å². The van der Waals surface area contributed by atoms with Gasteiger partial charge in [-0.15, -0.1) is 11.3 Å². The van der Waals surface area contributed by atoms with E-state index in [1.807, 2.05) is 24.3 Å². The maximum absolute atomic E-state index is 11.3. The predicted octanol–water partition coefficient (Wildman–Crippen LogP) is 3.73. The highest BCUT2D eigenvalue weighted by Gasteiger charge is 2.15. The van der Waals surface area contributed by atoms with Gasteiger partial charge in [-0.1, -0.05) is 30.0 Å². The third kappa shape index (κ3) is 2.35. The van der Waals surface area contributed by atoms with Crippen LogP contribution in [0.5, 0.6) is 0 Å². The number of carboxylic acid groups (broad SMARTS) is 1. The van der Waals surface area contributed by atoms with Gasteiger partial charge in [0.15, 0.2) is 4.34 Å². The number of nitrogen functional groups attached to an aromatic ring is 1. The Kier molecular flexibility index (Phi) is 3.33. The summed E-state index contributed by atoms with van der Waals surface area (Å²) in [6, 6.07) is 12.7. The molecule has 0 aliphatic carbocycles. The molecular formula is C14H10N2O2S2. The molecule has 0 spiro atoms. The summed E-state index contributed by atoms with van der Waals surface area (Å²) in [6.45, 7) is 0. The second kappa shape index (κ2) is 5.15. The molecule has 3 aromatic rings. The van der Waals surface area contributed by atoms with Gasteiger partial charge in [0, 0.05) is 5.69 Å². The Morgan fingerprint density at radius 1 is 1.20 bits per heavy atom. The lowest BCUT2D eigenvalue weighted by Gasteiger charge is -2.06. The molecule has 0 amide bonds. The number of fused-ring (bicyclic) bond motifs is 1. The number of hydrogen-bond donors (Lipinski definition) is 2. The lowest BCUT2D eigenvalue weighted by atomic mass is 10.2. The molecule has 3 N–H and O–H groups in total. The third-order valence-corrected chi connectivity index (χ3v) is 5.00. The summed E-state index contributed by atoms with van der Waals surface area (Å²) in [5.74, 6) is -0.985. The molecule has 0 unspecified atom stereocenters. The summed E-state index contributed by atoms with van der Waals surface area (Å²) < 4.78 is 1.85. The van der Waals surface area contributed by atoms with Crippen LogP contribution in [0.15, 0.2) is 51.7 Å². The van der Waals surface area contributed by atoms with Crippen LogP contribution in [-0.2, 0) is 0 Å². The highest BCUT2D eigenvalue weighted by molar-refractivity contribution is 8.01. The maximum Gasteiger partial charge on any atom is 0.336 e. The number of benzene rings is 2. The molecule has 0 radical (unpaired) electrons. The van der Waals surface area contributed by atoms with E-state index in [4.69, 9.17) is 5.73 Å². The fourth-order valence-corrected chi connectivity index (χ4v) is 3.97. The minimum Gasteiger partial charge on any atom is -0.478 e. The van der Waals surface area contributed by atoms with E-state index in [0.29, 0.717) is 10.6 Å². The molecule has 0 saturated carbocycles. The molecule has 0 aliphatic heterocycles. The molecule has 4 nitrogen and oxygen atoms in total. The smallest absolute Gasteiger partial charge is 0.336 e. The molecule has 20 heavy (non-hydrogen) atoms. The van der Waals surface area contributed by atoms with E-state index in [1.165, 1.54) is 23.1 Å². The van der Waals surface area contributed by atoms with Crippen molar-refractivity contribution in [3.05, 3.63) is 48.0 Å². The van der Waals surface area contributed by atoms with Gasteiger partial charge < -0.3 is 10.8 Å². The van der Waals surface area contributed by atoms with Crippen LogP contribution in [0.3, 0.4) is 0 Å². The number of rotatable bonds is 3. The van der Waals surface area contributed by atoms with Crippen molar-refractivity contribution in [2.75, 3.05) is 5.73 Å². The van der Waals surface area contributed by atoms with E-state index in [0.717, 1.165) is 14.6 Å². The molecule has 0 atom stereocenters. The van der Waals surface area contributed by atoms with Crippen LogP contribution < -0.4 is 5.73 Å². The minimum atomic E-state index is -0.985. The Balaban J connectivity index is 2.04. The molecule has 1 aromatic heterocycles. The van der Waals surface area contributed by atoms with Crippen LogP contribution in [0, 0.1) is 0 Å². The third-order valence-electron chi connectivity index (χ3n) is 2.74. The quantitative estimate of drug-likeness (QED) is 0.721. The van der Waals surface area contributed by atoms with E-state index < -0.39 is 5.97 Å². The van der Waals surface area contributed by atoms with E-state index in [1.54, 1.807) is 18.2 Å². The monoisotopic (exact) mass is 302 g/mol. The Bertz CT molecular complexity index is 766. The highest BCUT2D eigenvalue weighted by atomic mass is 32.2. The molecule has 2 aromatic carbocycles. The summed E-state index contributed by atoms with van der Waals surface area (Å²) in [7, 11) is 0. The summed E-state index contributed by atoms with van der Waals surface area (Å²) in [4.78, 5) is 16.3. The average Bonchev–Trinajstić information content (AvgIpc) is 2.83. The van der Waals surface area contributed by atoms with Crippen LogP contribution in [-0.4, -0.2) is 16.1 Å². The van der Waals surface area contributed by atoms with E-state index in [2.05, 4.69) is 4.98 Å². The largest absolute Gasteiger partial charge is 0.478 e. The van der Waals surface area contributed by atoms with Crippen molar-refractivity contribution in [2.24, 2.45) is 0 Å². The van der Waals surface area contributed by atoms with Gasteiger partial charge in [-0.25, -0.2) is 9.78 Å². The number of nitrogens with zero attached hydrogens (tertiary/aromatic N) is 1. The van der Waals surface area contributed by atoms with Crippen molar-refractivity contribution >= 4 is 45.0 Å². The van der Waals surface area contributed by atoms with Crippen molar-refractivity contribution in [3.63, 3.8) is 0 Å². The van der Waals surface area contributed by atoms with Crippen LogP contribution in [0.4, 0.5) is 5.69 Å². The van der Waals surface area contributed by atoms with E-state index in [-0.39, 0.29) is 5.56 Å². The normalized spacial score (nSPS) is 10.8. The zero-order valence-corrected chi connectivity index (χ0v) is 11.9. The van der Waals surface area contributed by atoms with Crippen molar-refractivity contribution in [3.8, 4) is 0 Å². The fraction of sp³-hybridized carbons (Fsp3) is 0. The summed E-state index contributed by atoms with van der Waals surface area (Å²) in [5, 5.41) is 9.22. The Labute approximate surface area is 123 Å². The van der Waals surface area contributed by atoms with Crippen molar-refractivity contribution in [1.82, 2.24) is 4.98 Å². The molecule has 0 saturated heterocycles. The highest BCUT2D eigenvalue weighted by Crippen LogP contribution is 2.38. The first-order valence-corrected chi connectivity index (χ1v) is 7.43. The second-order valence-electron chi connectivity index (χ2n) is 4.08. The number of nitrogens with two attached hydrogens (primary N) is 1. The first-order valence-electron chi connectivity index (χ1n) is 5.80. The van der Waals surface area contributed by atoms with Crippen molar-refractivity contribution in [2.45, 2.75) is 9.24 Å². The molecule has 3 rings (SSSR count). The van der Waals surface area contributed by atoms with Gasteiger partial charge in [0.2, 0.25) is 0 Å². The van der Waals surface area contributed by atoms with Crippen molar-refractivity contribution in [1.29, 1.82) is 0 Å². The zero-order valence-electron chi connectivity index (χ0n) is 10.2. The first kappa shape index (κ1) is 13.0. The molecule has 6 heteroatoms. The number of carbonyl (C=O) groups is 1. The van der Waals surface area contributed by atoms with Gasteiger partial charge >= 0.3 is 5.97 Å². The maximum atomic E-state index is 11.3. The number of aromatic carboxylic acids is 1. The molecular weight excluding hydrogens is 292 g/mol. The first-order chi connectivity index (χ1) is 9.65. The van der Waals surface area contributed by atoms with E-state index >= 15 is 0 Å². The Morgan fingerprint density at radius 3 is 2.75 bits per heavy atom. The Morgan fingerprint density at radius 2 is 2.00 bits per heavy atom. The van der Waals surface area contributed by atoms with Crippen molar-refractivity contribution < 1.29 is 9.90 Å². The number of aromatic nitrogens is 1. The summed E-state index contributed by atoms with van der Waals surface area (Å²) >= 11 is 2.82. The van der Waals surface area contributed by atoms with Gasteiger partial charge in [-0.2, -0.15) is 0 Å². The van der Waals surface area contributed by atoms with Crippen LogP contribution >= 0.6 is 23.1 Å². The summed E-state index contributed by atoms with van der Waals surface area (Å²) in [5.41, 5.74) is 7.46. The predicted molar refractivity (Wildman–Crippen MR) is 81.6 cm³/mol. The number of carboxylic acids is 1. The number of hydrogen-bond acceptors (Lipinski definition) is 5. The molecule has 1 heterocycles.